The van der Waals surface area contributed by atoms with Crippen molar-refractivity contribution in [2.45, 2.75) is 13.8 Å². The quantitative estimate of drug-likeness (QED) is 0.553. The molecule has 1 amide bonds. The topological polar surface area (TPSA) is 54.9 Å². The van der Waals surface area contributed by atoms with E-state index in [1.54, 1.807) is 12.4 Å². The maximum absolute atomic E-state index is 13.1. The number of nitrogens with zero attached hydrogens (tertiary/aromatic N) is 2. The Bertz CT molecular complexity index is 1140. The predicted molar refractivity (Wildman–Crippen MR) is 109 cm³/mol. The van der Waals surface area contributed by atoms with Crippen LogP contribution < -0.4 is 5.32 Å². The summed E-state index contributed by atoms with van der Waals surface area (Å²) in [7, 11) is 0. The molecule has 4 nitrogen and oxygen atoms in total. The molecule has 0 unspecified atom stereocenters. The summed E-state index contributed by atoms with van der Waals surface area (Å²) in [6.07, 6.45) is 3.45. The van der Waals surface area contributed by atoms with Gasteiger partial charge < -0.3 is 5.32 Å². The number of carbonyl (C=O) groups excluding carboxylic acids is 1. The Morgan fingerprint density at radius 2 is 1.70 bits per heavy atom. The second-order valence-electron chi connectivity index (χ2n) is 6.51. The lowest BCUT2D eigenvalue weighted by molar-refractivity contribution is 0.102. The first kappa shape index (κ1) is 16.9. The van der Waals surface area contributed by atoms with Crippen LogP contribution in [0.3, 0.4) is 0 Å². The number of nitrogens with one attached hydrogen (secondary N) is 1. The first-order chi connectivity index (χ1) is 13.1. The molecule has 132 valence electrons. The molecule has 27 heavy (non-hydrogen) atoms. The molecule has 2 aromatic carbocycles. The maximum Gasteiger partial charge on any atom is 0.256 e. The Kier molecular flexibility index (Phi) is 4.38. The Morgan fingerprint density at radius 1 is 0.926 bits per heavy atom. The van der Waals surface area contributed by atoms with Gasteiger partial charge >= 0.3 is 0 Å². The second kappa shape index (κ2) is 7.00. The van der Waals surface area contributed by atoms with Gasteiger partial charge in [-0.25, -0.2) is 4.98 Å². The first-order valence-corrected chi connectivity index (χ1v) is 8.81. The Labute approximate surface area is 157 Å². The highest BCUT2D eigenvalue weighted by atomic mass is 16.1. The summed E-state index contributed by atoms with van der Waals surface area (Å²) in [5, 5.41) is 3.89. The smallest absolute Gasteiger partial charge is 0.256 e. The number of hydrogen-bond donors (Lipinski definition) is 1. The molecule has 0 aliphatic rings. The number of aryl methyl sites for hydroxylation is 1. The average molecular weight is 353 g/mol. The highest BCUT2D eigenvalue weighted by Gasteiger charge is 2.15. The Morgan fingerprint density at radius 3 is 2.52 bits per heavy atom. The van der Waals surface area contributed by atoms with E-state index in [2.05, 4.69) is 10.3 Å². The number of anilines is 1. The molecule has 0 fully saturated rings. The number of benzene rings is 2. The summed E-state index contributed by atoms with van der Waals surface area (Å²) < 4.78 is 0. The van der Waals surface area contributed by atoms with Gasteiger partial charge in [0, 0.05) is 29.0 Å². The zero-order valence-corrected chi connectivity index (χ0v) is 15.2. The third-order valence-corrected chi connectivity index (χ3v) is 4.79. The molecule has 4 rings (SSSR count). The van der Waals surface area contributed by atoms with Gasteiger partial charge in [-0.1, -0.05) is 30.3 Å². The molecule has 0 aliphatic heterocycles. The van der Waals surface area contributed by atoms with E-state index in [0.29, 0.717) is 5.56 Å². The van der Waals surface area contributed by atoms with Gasteiger partial charge in [-0.15, -0.1) is 0 Å². The largest absolute Gasteiger partial charge is 0.322 e. The van der Waals surface area contributed by atoms with Crippen LogP contribution in [0.25, 0.3) is 22.2 Å². The van der Waals surface area contributed by atoms with Crippen LogP contribution in [-0.4, -0.2) is 15.9 Å². The average Bonchev–Trinajstić information content (AvgIpc) is 2.71. The number of fused-ring (bicyclic) bond motifs is 1. The number of hydrogen-bond acceptors (Lipinski definition) is 3. The normalized spacial score (nSPS) is 10.7. The van der Waals surface area contributed by atoms with Gasteiger partial charge in [0.05, 0.1) is 16.8 Å². The molecule has 0 bridgehead atoms. The summed E-state index contributed by atoms with van der Waals surface area (Å²) in [5.41, 5.74) is 6.11. The van der Waals surface area contributed by atoms with Crippen LogP contribution in [0.5, 0.6) is 0 Å². The van der Waals surface area contributed by atoms with Gasteiger partial charge in [0.2, 0.25) is 0 Å². The zero-order chi connectivity index (χ0) is 18.8. The summed E-state index contributed by atoms with van der Waals surface area (Å²) in [6, 6.07) is 19.2. The van der Waals surface area contributed by atoms with Gasteiger partial charge in [0.15, 0.2) is 0 Å². The highest BCUT2D eigenvalue weighted by Crippen LogP contribution is 2.26. The van der Waals surface area contributed by atoms with Gasteiger partial charge in [-0.3, -0.25) is 9.78 Å². The molecule has 2 heterocycles. The maximum atomic E-state index is 13.1. The number of aromatic nitrogens is 2. The third kappa shape index (κ3) is 3.29. The van der Waals surface area contributed by atoms with Crippen molar-refractivity contribution >= 4 is 22.5 Å². The fourth-order valence-electron chi connectivity index (χ4n) is 3.11. The van der Waals surface area contributed by atoms with Crippen molar-refractivity contribution in [2.24, 2.45) is 0 Å². The van der Waals surface area contributed by atoms with E-state index in [1.165, 1.54) is 0 Å². The molecule has 0 saturated carbocycles. The Hall–Kier alpha value is -3.53. The lowest BCUT2D eigenvalue weighted by atomic mass is 10.0. The lowest BCUT2D eigenvalue weighted by Gasteiger charge is -2.13. The summed E-state index contributed by atoms with van der Waals surface area (Å²) in [4.78, 5) is 21.9. The number of para-hydroxylation sites is 1. The van der Waals surface area contributed by atoms with Crippen LogP contribution in [0.2, 0.25) is 0 Å². The second-order valence-corrected chi connectivity index (χ2v) is 6.51. The van der Waals surface area contributed by atoms with Crippen molar-refractivity contribution in [3.8, 4) is 11.3 Å². The van der Waals surface area contributed by atoms with Gasteiger partial charge in [0.25, 0.3) is 5.91 Å². The summed E-state index contributed by atoms with van der Waals surface area (Å²) >= 11 is 0. The van der Waals surface area contributed by atoms with Crippen LogP contribution in [0, 0.1) is 13.8 Å². The molecule has 1 N–H and O–H groups in total. The Balaban J connectivity index is 1.82. The van der Waals surface area contributed by atoms with Crippen molar-refractivity contribution in [3.63, 3.8) is 0 Å². The van der Waals surface area contributed by atoms with Crippen molar-refractivity contribution < 1.29 is 4.79 Å². The van der Waals surface area contributed by atoms with Crippen LogP contribution in [0.1, 0.15) is 21.5 Å². The zero-order valence-electron chi connectivity index (χ0n) is 15.2. The van der Waals surface area contributed by atoms with Gasteiger partial charge in [-0.05, 0) is 55.3 Å². The van der Waals surface area contributed by atoms with Crippen molar-refractivity contribution in [1.82, 2.24) is 9.97 Å². The molecule has 0 aliphatic carbocycles. The SMILES string of the molecule is Cc1cccc(NC(=O)c2cc(-c3ccncc3)nc3ccccc23)c1C. The summed E-state index contributed by atoms with van der Waals surface area (Å²) in [6.45, 7) is 4.05. The fourth-order valence-corrected chi connectivity index (χ4v) is 3.11. The van der Waals surface area contributed by atoms with E-state index in [0.717, 1.165) is 39.0 Å². The number of carbonyl (C=O) groups is 1. The number of rotatable bonds is 3. The lowest BCUT2D eigenvalue weighted by Crippen LogP contribution is -2.14. The van der Waals surface area contributed by atoms with Crippen LogP contribution >= 0.6 is 0 Å². The first-order valence-electron chi connectivity index (χ1n) is 8.81. The summed E-state index contributed by atoms with van der Waals surface area (Å²) in [5.74, 6) is -0.141. The van der Waals surface area contributed by atoms with E-state index >= 15 is 0 Å². The molecular weight excluding hydrogens is 334 g/mol. The minimum Gasteiger partial charge on any atom is -0.322 e. The molecule has 0 atom stereocenters. The minimum atomic E-state index is -0.141. The van der Waals surface area contributed by atoms with Crippen molar-refractivity contribution in [1.29, 1.82) is 0 Å². The van der Waals surface area contributed by atoms with Crippen LogP contribution in [0.4, 0.5) is 5.69 Å². The molecule has 4 aromatic rings. The van der Waals surface area contributed by atoms with Gasteiger partial charge in [0.1, 0.15) is 0 Å². The molecule has 4 heteroatoms. The van der Waals surface area contributed by atoms with E-state index in [-0.39, 0.29) is 5.91 Å². The van der Waals surface area contributed by atoms with Crippen molar-refractivity contribution in [2.75, 3.05) is 5.32 Å². The van der Waals surface area contributed by atoms with Crippen LogP contribution in [-0.2, 0) is 0 Å². The van der Waals surface area contributed by atoms with Crippen molar-refractivity contribution in [3.05, 3.63) is 89.7 Å². The third-order valence-electron chi connectivity index (χ3n) is 4.79. The van der Waals surface area contributed by atoms with E-state index < -0.39 is 0 Å². The minimum absolute atomic E-state index is 0.141. The van der Waals surface area contributed by atoms with Crippen LogP contribution in [0.15, 0.2) is 73.1 Å². The number of pyridine rings is 2. The van der Waals surface area contributed by atoms with E-state index in [9.17, 15) is 4.79 Å². The standard InChI is InChI=1S/C23H19N3O/c1-15-6-5-9-20(16(15)2)26-23(27)19-14-22(17-10-12-24-13-11-17)25-21-8-4-3-7-18(19)21/h3-14H,1-2H3,(H,26,27). The molecule has 2 aromatic heterocycles. The monoisotopic (exact) mass is 353 g/mol. The molecule has 0 saturated heterocycles. The predicted octanol–water partition coefficient (Wildman–Crippen LogP) is 5.17. The highest BCUT2D eigenvalue weighted by molar-refractivity contribution is 6.13. The number of amides is 1. The molecular formula is C23H19N3O. The molecule has 0 radical (unpaired) electrons. The van der Waals surface area contributed by atoms with Gasteiger partial charge in [-0.2, -0.15) is 0 Å². The fraction of sp³-hybridized carbons (Fsp3) is 0.0870. The van der Waals surface area contributed by atoms with E-state index in [4.69, 9.17) is 4.98 Å². The van der Waals surface area contributed by atoms with E-state index in [1.807, 2.05) is 74.5 Å². The molecule has 0 spiro atoms.